The van der Waals surface area contributed by atoms with Gasteiger partial charge in [-0.05, 0) is 65.6 Å². The molecule has 4 N–H and O–H groups in total. The van der Waals surface area contributed by atoms with Crippen LogP contribution in [0.5, 0.6) is 0 Å². The Kier molecular flexibility index (Phi) is 9.27. The fourth-order valence-corrected chi connectivity index (χ4v) is 4.16. The molecule has 0 aliphatic carbocycles. The SMILES string of the molecule is CC(C)(C)c1cc(C(=O)NNC(=O)c2ccc(Cl)cc2Cl)cc(C(=O)NNC(=O)c2ccc(Cl)cc2Cl)c1. The summed E-state index contributed by atoms with van der Waals surface area (Å²) in [6, 6.07) is 13.1. The number of benzene rings is 3. The van der Waals surface area contributed by atoms with E-state index in [4.69, 9.17) is 46.4 Å². The first-order valence-corrected chi connectivity index (χ1v) is 12.5. The zero-order chi connectivity index (χ0) is 28.2. The number of halogens is 4. The van der Waals surface area contributed by atoms with Crippen molar-refractivity contribution < 1.29 is 19.2 Å². The van der Waals surface area contributed by atoms with E-state index in [0.717, 1.165) is 0 Å². The van der Waals surface area contributed by atoms with Crippen molar-refractivity contribution in [3.8, 4) is 0 Å². The number of hydrogen-bond acceptors (Lipinski definition) is 4. The minimum atomic E-state index is -0.680. The third kappa shape index (κ3) is 7.39. The first kappa shape index (κ1) is 29.3. The molecule has 0 spiro atoms. The molecule has 3 aromatic rings. The molecule has 3 aromatic carbocycles. The third-order valence-electron chi connectivity index (χ3n) is 5.25. The molecule has 0 heterocycles. The van der Waals surface area contributed by atoms with Crippen molar-refractivity contribution in [3.05, 3.63) is 103 Å². The Hall–Kier alpha value is -3.30. The van der Waals surface area contributed by atoms with Gasteiger partial charge < -0.3 is 0 Å². The van der Waals surface area contributed by atoms with Crippen molar-refractivity contribution in [1.29, 1.82) is 0 Å². The highest BCUT2D eigenvalue weighted by atomic mass is 35.5. The van der Waals surface area contributed by atoms with Crippen molar-refractivity contribution in [2.45, 2.75) is 26.2 Å². The monoisotopic (exact) mass is 594 g/mol. The van der Waals surface area contributed by atoms with Gasteiger partial charge in [0.25, 0.3) is 23.6 Å². The molecule has 0 radical (unpaired) electrons. The first-order chi connectivity index (χ1) is 17.8. The van der Waals surface area contributed by atoms with Gasteiger partial charge in [-0.3, -0.25) is 40.9 Å². The lowest BCUT2D eigenvalue weighted by molar-refractivity contribution is 0.0842. The van der Waals surface area contributed by atoms with E-state index in [1.807, 2.05) is 20.8 Å². The second-order valence-electron chi connectivity index (χ2n) is 9.11. The Morgan fingerprint density at radius 1 is 0.553 bits per heavy atom. The maximum absolute atomic E-state index is 12.9. The molecule has 0 saturated heterocycles. The van der Waals surface area contributed by atoms with Gasteiger partial charge in [-0.15, -0.1) is 0 Å². The minimum Gasteiger partial charge on any atom is -0.267 e. The predicted molar refractivity (Wildman–Crippen MR) is 148 cm³/mol. The molecule has 198 valence electrons. The van der Waals surface area contributed by atoms with Crippen molar-refractivity contribution in [2.75, 3.05) is 0 Å². The molecular formula is C26H22Cl4N4O4. The second kappa shape index (κ2) is 12.0. The highest BCUT2D eigenvalue weighted by Gasteiger charge is 2.21. The van der Waals surface area contributed by atoms with Gasteiger partial charge in [0.05, 0.1) is 21.2 Å². The quantitative estimate of drug-likeness (QED) is 0.287. The summed E-state index contributed by atoms with van der Waals surface area (Å²) < 4.78 is 0. The molecule has 0 saturated carbocycles. The summed E-state index contributed by atoms with van der Waals surface area (Å²) in [5, 5.41) is 0.931. The van der Waals surface area contributed by atoms with Crippen LogP contribution in [0.3, 0.4) is 0 Å². The number of nitrogens with one attached hydrogen (secondary N) is 4. The van der Waals surface area contributed by atoms with Crippen LogP contribution in [-0.2, 0) is 5.41 Å². The Labute approximate surface area is 238 Å². The van der Waals surface area contributed by atoms with Crippen LogP contribution in [0.15, 0.2) is 54.6 Å². The molecule has 0 unspecified atom stereocenters. The standard InChI is InChI=1S/C26H22Cl4N4O4/c1-26(2,3)15-9-13(22(35)31-33-24(37)18-6-4-16(27)11-20(18)29)8-14(10-15)23(36)32-34-25(38)19-7-5-17(28)12-21(19)30/h4-12H,1-3H3,(H,31,35)(H,32,36)(H,33,37)(H,34,38). The van der Waals surface area contributed by atoms with Crippen molar-refractivity contribution in [3.63, 3.8) is 0 Å². The fourth-order valence-electron chi connectivity index (χ4n) is 3.18. The molecule has 0 aliphatic heterocycles. The molecule has 38 heavy (non-hydrogen) atoms. The first-order valence-electron chi connectivity index (χ1n) is 11.0. The molecule has 4 amide bonds. The lowest BCUT2D eigenvalue weighted by Gasteiger charge is -2.21. The molecule has 0 atom stereocenters. The van der Waals surface area contributed by atoms with Crippen molar-refractivity contribution >= 4 is 70.0 Å². The van der Waals surface area contributed by atoms with Crippen LogP contribution in [0.25, 0.3) is 0 Å². The van der Waals surface area contributed by atoms with Crippen molar-refractivity contribution in [2.24, 2.45) is 0 Å². The van der Waals surface area contributed by atoms with Crippen molar-refractivity contribution in [1.82, 2.24) is 21.7 Å². The Bertz CT molecular complexity index is 1340. The minimum absolute atomic E-state index is 0.0946. The van der Waals surface area contributed by atoms with E-state index >= 15 is 0 Å². The predicted octanol–water partition coefficient (Wildman–Crippen LogP) is 5.75. The van der Waals surface area contributed by atoms with Gasteiger partial charge in [-0.1, -0.05) is 67.2 Å². The Morgan fingerprint density at radius 3 is 1.26 bits per heavy atom. The maximum Gasteiger partial charge on any atom is 0.271 e. The normalized spacial score (nSPS) is 10.9. The van der Waals surface area contributed by atoms with Crippen LogP contribution in [0, 0.1) is 0 Å². The van der Waals surface area contributed by atoms with Gasteiger partial charge in [0.2, 0.25) is 0 Å². The van der Waals surface area contributed by atoms with E-state index in [0.29, 0.717) is 15.6 Å². The zero-order valence-corrected chi connectivity index (χ0v) is 23.4. The summed E-state index contributed by atoms with van der Waals surface area (Å²) in [6.07, 6.45) is 0. The third-order valence-corrected chi connectivity index (χ3v) is 6.35. The summed E-state index contributed by atoms with van der Waals surface area (Å²) in [5.41, 5.74) is 9.82. The molecule has 0 aliphatic rings. The average Bonchev–Trinajstić information content (AvgIpc) is 2.84. The topological polar surface area (TPSA) is 116 Å². The number of hydrazine groups is 2. The van der Waals surface area contributed by atoms with Gasteiger partial charge in [0.15, 0.2) is 0 Å². The summed E-state index contributed by atoms with van der Waals surface area (Å²) >= 11 is 23.8. The molecule has 0 bridgehead atoms. The molecular weight excluding hydrogens is 574 g/mol. The van der Waals surface area contributed by atoms with Gasteiger partial charge in [0.1, 0.15) is 0 Å². The van der Waals surface area contributed by atoms with E-state index in [9.17, 15) is 19.2 Å². The number of carbonyl (C=O) groups excluding carboxylic acids is 4. The van der Waals surface area contributed by atoms with E-state index in [2.05, 4.69) is 21.7 Å². The number of amides is 4. The highest BCUT2D eigenvalue weighted by Crippen LogP contribution is 2.25. The molecule has 8 nitrogen and oxygen atoms in total. The number of carbonyl (C=O) groups is 4. The zero-order valence-electron chi connectivity index (χ0n) is 20.3. The van der Waals surface area contributed by atoms with Crippen LogP contribution in [-0.4, -0.2) is 23.6 Å². The molecule has 0 fully saturated rings. The Morgan fingerprint density at radius 2 is 0.921 bits per heavy atom. The molecule has 12 heteroatoms. The van der Waals surface area contributed by atoms with E-state index in [-0.39, 0.29) is 32.3 Å². The van der Waals surface area contributed by atoms with Gasteiger partial charge in [0, 0.05) is 21.2 Å². The Balaban J connectivity index is 1.76. The lowest BCUT2D eigenvalue weighted by Crippen LogP contribution is -2.43. The van der Waals surface area contributed by atoms with Gasteiger partial charge >= 0.3 is 0 Å². The molecule has 3 rings (SSSR count). The van der Waals surface area contributed by atoms with E-state index < -0.39 is 29.0 Å². The summed E-state index contributed by atoms with van der Waals surface area (Å²) in [4.78, 5) is 50.7. The second-order valence-corrected chi connectivity index (χ2v) is 10.8. The largest absolute Gasteiger partial charge is 0.271 e. The average molecular weight is 596 g/mol. The van der Waals surface area contributed by atoms with E-state index in [1.165, 1.54) is 42.5 Å². The number of hydrogen-bond donors (Lipinski definition) is 4. The summed E-state index contributed by atoms with van der Waals surface area (Å²) in [6.45, 7) is 5.71. The van der Waals surface area contributed by atoms with Gasteiger partial charge in [-0.2, -0.15) is 0 Å². The summed E-state index contributed by atoms with van der Waals surface area (Å²) in [7, 11) is 0. The van der Waals surface area contributed by atoms with Gasteiger partial charge in [-0.25, -0.2) is 0 Å². The lowest BCUT2D eigenvalue weighted by atomic mass is 9.85. The maximum atomic E-state index is 12.9. The highest BCUT2D eigenvalue weighted by molar-refractivity contribution is 6.37. The summed E-state index contributed by atoms with van der Waals surface area (Å²) in [5.74, 6) is -2.68. The number of rotatable bonds is 4. The molecule has 0 aromatic heterocycles. The smallest absolute Gasteiger partial charge is 0.267 e. The van der Waals surface area contributed by atoms with Crippen LogP contribution in [0.2, 0.25) is 20.1 Å². The van der Waals surface area contributed by atoms with Crippen LogP contribution in [0.1, 0.15) is 67.8 Å². The van der Waals surface area contributed by atoms with E-state index in [1.54, 1.807) is 12.1 Å². The van der Waals surface area contributed by atoms with Crippen LogP contribution >= 0.6 is 46.4 Å². The van der Waals surface area contributed by atoms with Crippen LogP contribution < -0.4 is 21.7 Å². The van der Waals surface area contributed by atoms with Crippen LogP contribution in [0.4, 0.5) is 0 Å². The fraction of sp³-hybridized carbons (Fsp3) is 0.154.